The van der Waals surface area contributed by atoms with Gasteiger partial charge < -0.3 is 14.6 Å². The molecule has 0 aliphatic carbocycles. The Morgan fingerprint density at radius 1 is 1.60 bits per heavy atom. The lowest BCUT2D eigenvalue weighted by molar-refractivity contribution is 0.0647. The van der Waals surface area contributed by atoms with Crippen LogP contribution in [0.5, 0.6) is 0 Å². The molecule has 0 radical (unpaired) electrons. The molecule has 0 aromatic carbocycles. The van der Waals surface area contributed by atoms with E-state index in [1.165, 1.54) is 0 Å². The van der Waals surface area contributed by atoms with E-state index in [0.29, 0.717) is 16.5 Å². The zero-order valence-corrected chi connectivity index (χ0v) is 10.6. The highest BCUT2D eigenvalue weighted by Crippen LogP contribution is 2.16. The molecule has 0 spiro atoms. The van der Waals surface area contributed by atoms with Crippen LogP contribution < -0.4 is 5.32 Å². The number of amides is 1. The topological polar surface area (TPSA) is 45.5 Å². The fourth-order valence-electron chi connectivity index (χ4n) is 1.32. The normalized spacial score (nSPS) is 15.3. The van der Waals surface area contributed by atoms with Crippen LogP contribution in [0.2, 0.25) is 0 Å². The average Bonchev–Trinajstić information content (AvgIpc) is 2.47. The zero-order chi connectivity index (χ0) is 10.1. The minimum Gasteiger partial charge on any atom is -0.444 e. The van der Waals surface area contributed by atoms with Crippen LogP contribution in [0.25, 0.3) is 0 Å². The summed E-state index contributed by atoms with van der Waals surface area (Å²) >= 11 is 3.17. The van der Waals surface area contributed by atoms with Crippen LogP contribution in [0.1, 0.15) is 10.6 Å². The van der Waals surface area contributed by atoms with E-state index in [9.17, 15) is 4.79 Å². The fourth-order valence-corrected chi connectivity index (χ4v) is 1.62. The van der Waals surface area contributed by atoms with Gasteiger partial charge in [-0.15, -0.1) is 12.4 Å². The van der Waals surface area contributed by atoms with Gasteiger partial charge in [-0.05, 0) is 28.1 Å². The minimum atomic E-state index is -0.0674. The second-order valence-corrected chi connectivity index (χ2v) is 4.11. The van der Waals surface area contributed by atoms with Crippen molar-refractivity contribution in [3.05, 3.63) is 22.6 Å². The third-order valence-electron chi connectivity index (χ3n) is 2.41. The molecule has 4 nitrogen and oxygen atoms in total. The summed E-state index contributed by atoms with van der Waals surface area (Å²) in [5.74, 6) is 0.313. The summed E-state index contributed by atoms with van der Waals surface area (Å²) in [6, 6.07) is 3.70. The maximum Gasteiger partial charge on any atom is 0.289 e. The maximum atomic E-state index is 11.8. The highest BCUT2D eigenvalue weighted by atomic mass is 79.9. The molecule has 6 heteroatoms. The summed E-state index contributed by atoms with van der Waals surface area (Å²) in [6.45, 7) is 1.73. The fraction of sp³-hybridized carbons (Fsp3) is 0.444. The number of carbonyl (C=O) groups is 1. The molecule has 0 bridgehead atoms. The van der Waals surface area contributed by atoms with E-state index in [2.05, 4.69) is 21.2 Å². The van der Waals surface area contributed by atoms with Crippen molar-refractivity contribution in [3.63, 3.8) is 0 Å². The van der Waals surface area contributed by atoms with Crippen molar-refractivity contribution >= 4 is 34.2 Å². The predicted octanol–water partition coefficient (Wildman–Crippen LogP) is 1.51. The Bertz CT molecular complexity index is 352. The molecule has 1 aliphatic heterocycles. The quantitative estimate of drug-likeness (QED) is 0.899. The first-order valence-electron chi connectivity index (χ1n) is 4.41. The lowest BCUT2D eigenvalue weighted by Gasteiger charge is -2.35. The number of furan rings is 1. The van der Waals surface area contributed by atoms with Gasteiger partial charge >= 0.3 is 0 Å². The van der Waals surface area contributed by atoms with Crippen LogP contribution in [0, 0.1) is 0 Å². The number of halogens is 2. The van der Waals surface area contributed by atoms with Crippen LogP contribution in [0.4, 0.5) is 0 Å². The third-order valence-corrected chi connectivity index (χ3v) is 2.84. The van der Waals surface area contributed by atoms with Gasteiger partial charge in [-0.25, -0.2) is 0 Å². The van der Waals surface area contributed by atoms with Crippen molar-refractivity contribution in [2.45, 2.75) is 6.04 Å². The second-order valence-electron chi connectivity index (χ2n) is 3.33. The van der Waals surface area contributed by atoms with Gasteiger partial charge in [0.1, 0.15) is 0 Å². The van der Waals surface area contributed by atoms with E-state index < -0.39 is 0 Å². The first-order valence-corrected chi connectivity index (χ1v) is 5.21. The smallest absolute Gasteiger partial charge is 0.289 e. The van der Waals surface area contributed by atoms with Gasteiger partial charge in [0.05, 0.1) is 6.04 Å². The van der Waals surface area contributed by atoms with Crippen molar-refractivity contribution in [3.8, 4) is 0 Å². The number of nitrogens with one attached hydrogen (secondary N) is 1. The number of hydrogen-bond donors (Lipinski definition) is 1. The summed E-state index contributed by atoms with van der Waals surface area (Å²) < 4.78 is 5.77. The molecular formula is C9H12BrClN2O2. The SMILES string of the molecule is CN(C(=O)c1ccc(Br)o1)C1CNC1.Cl. The second kappa shape index (κ2) is 5.01. The largest absolute Gasteiger partial charge is 0.444 e. The standard InChI is InChI=1S/C9H11BrN2O2.ClH/c1-12(6-4-11-5-6)9(13)7-2-3-8(10)14-7;/h2-3,6,11H,4-5H2,1H3;1H. The van der Waals surface area contributed by atoms with Crippen molar-refractivity contribution < 1.29 is 9.21 Å². The molecule has 2 heterocycles. The first kappa shape index (κ1) is 12.5. The van der Waals surface area contributed by atoms with Crippen LogP contribution in [0.3, 0.4) is 0 Å². The molecule has 84 valence electrons. The van der Waals surface area contributed by atoms with Crippen LogP contribution in [-0.2, 0) is 0 Å². The van der Waals surface area contributed by atoms with Crippen LogP contribution in [-0.4, -0.2) is 37.0 Å². The summed E-state index contributed by atoms with van der Waals surface area (Å²) in [6.07, 6.45) is 0. The van der Waals surface area contributed by atoms with Crippen molar-refractivity contribution in [1.29, 1.82) is 0 Å². The highest BCUT2D eigenvalue weighted by Gasteiger charge is 2.27. The average molecular weight is 296 g/mol. The van der Waals surface area contributed by atoms with Crippen LogP contribution in [0.15, 0.2) is 21.2 Å². The van der Waals surface area contributed by atoms with Gasteiger partial charge in [0.2, 0.25) is 0 Å². The van der Waals surface area contributed by atoms with Gasteiger partial charge in [-0.2, -0.15) is 0 Å². The highest BCUT2D eigenvalue weighted by molar-refractivity contribution is 9.10. The lowest BCUT2D eigenvalue weighted by Crippen LogP contribution is -2.57. The Morgan fingerprint density at radius 3 is 2.67 bits per heavy atom. The minimum absolute atomic E-state index is 0. The Balaban J connectivity index is 0.00000112. The molecule has 0 unspecified atom stereocenters. The molecule has 2 rings (SSSR count). The monoisotopic (exact) mass is 294 g/mol. The van der Waals surface area contributed by atoms with Gasteiger partial charge in [-0.1, -0.05) is 0 Å². The lowest BCUT2D eigenvalue weighted by atomic mass is 10.1. The van der Waals surface area contributed by atoms with E-state index in [4.69, 9.17) is 4.42 Å². The Morgan fingerprint density at radius 2 is 2.27 bits per heavy atom. The Kier molecular flexibility index (Phi) is 4.19. The molecule has 1 aromatic heterocycles. The van der Waals surface area contributed by atoms with Gasteiger partial charge in [0.25, 0.3) is 5.91 Å². The molecule has 1 fully saturated rings. The number of hydrogen-bond acceptors (Lipinski definition) is 3. The van der Waals surface area contributed by atoms with E-state index in [1.54, 1.807) is 24.1 Å². The molecule has 15 heavy (non-hydrogen) atoms. The number of nitrogens with zero attached hydrogens (tertiary/aromatic N) is 1. The first-order chi connectivity index (χ1) is 6.68. The molecule has 0 atom stereocenters. The number of rotatable bonds is 2. The van der Waals surface area contributed by atoms with Gasteiger partial charge in [-0.3, -0.25) is 4.79 Å². The summed E-state index contributed by atoms with van der Waals surface area (Å²) in [5, 5.41) is 3.12. The summed E-state index contributed by atoms with van der Waals surface area (Å²) in [7, 11) is 1.80. The third kappa shape index (κ3) is 2.53. The summed E-state index contributed by atoms with van der Waals surface area (Å²) in [4.78, 5) is 13.5. The van der Waals surface area contributed by atoms with Crippen LogP contribution >= 0.6 is 28.3 Å². The molecule has 1 amide bonds. The Labute approximate surface area is 103 Å². The molecule has 0 saturated carbocycles. The van der Waals surface area contributed by atoms with Crippen molar-refractivity contribution in [1.82, 2.24) is 10.2 Å². The van der Waals surface area contributed by atoms with Crippen molar-refractivity contribution in [2.75, 3.05) is 20.1 Å². The van der Waals surface area contributed by atoms with Gasteiger partial charge in [0, 0.05) is 20.1 Å². The maximum absolute atomic E-state index is 11.8. The predicted molar refractivity (Wildman–Crippen MR) is 62.4 cm³/mol. The van der Waals surface area contributed by atoms with E-state index in [-0.39, 0.29) is 18.3 Å². The van der Waals surface area contributed by atoms with Crippen molar-refractivity contribution in [2.24, 2.45) is 0 Å². The number of carbonyl (C=O) groups excluding carboxylic acids is 1. The molecule has 1 aromatic rings. The van der Waals surface area contributed by atoms with Gasteiger partial charge in [0.15, 0.2) is 10.4 Å². The molecule has 1 N–H and O–H groups in total. The summed E-state index contributed by atoms with van der Waals surface area (Å²) in [5.41, 5.74) is 0. The molecule has 1 saturated heterocycles. The number of likely N-dealkylation sites (N-methyl/N-ethyl adjacent to an activating group) is 1. The van der Waals surface area contributed by atoms with E-state index in [0.717, 1.165) is 13.1 Å². The van der Waals surface area contributed by atoms with E-state index >= 15 is 0 Å². The molecular weight excluding hydrogens is 283 g/mol. The zero-order valence-electron chi connectivity index (χ0n) is 8.20. The Hall–Kier alpha value is -0.520. The van der Waals surface area contributed by atoms with E-state index in [1.807, 2.05) is 0 Å². The molecule has 1 aliphatic rings.